The van der Waals surface area contributed by atoms with Gasteiger partial charge in [0.05, 0.1) is 18.8 Å². The van der Waals surface area contributed by atoms with Crippen LogP contribution in [-0.2, 0) is 29.4 Å². The minimum atomic E-state index is -0.358. The number of carbonyl (C=O) groups excluding carboxylic acids is 1. The van der Waals surface area contributed by atoms with Crippen molar-refractivity contribution in [2.75, 3.05) is 12.4 Å². The third kappa shape index (κ3) is 4.23. The van der Waals surface area contributed by atoms with Gasteiger partial charge in [-0.15, -0.1) is 0 Å². The number of esters is 1. The number of anilines is 1. The fourth-order valence-corrected chi connectivity index (χ4v) is 4.52. The summed E-state index contributed by atoms with van der Waals surface area (Å²) in [7, 11) is 3.36. The molecule has 2 aromatic carbocycles. The molecule has 0 bridgehead atoms. The molecular weight excluding hydrogens is 418 g/mol. The van der Waals surface area contributed by atoms with Crippen LogP contribution in [-0.4, -0.2) is 28.7 Å². The summed E-state index contributed by atoms with van der Waals surface area (Å²) in [4.78, 5) is 29.9. The average Bonchev–Trinajstić information content (AvgIpc) is 3.13. The number of aromatic nitrogens is 2. The lowest BCUT2D eigenvalue weighted by Crippen LogP contribution is -2.31. The predicted molar refractivity (Wildman–Crippen MR) is 128 cm³/mol. The molecule has 0 radical (unpaired) electrons. The van der Waals surface area contributed by atoms with E-state index >= 15 is 0 Å². The molecule has 0 aliphatic heterocycles. The molecule has 0 amide bonds. The Kier molecular flexibility index (Phi) is 6.22. The van der Waals surface area contributed by atoms with E-state index in [-0.39, 0.29) is 23.7 Å². The molecule has 4 rings (SSSR count). The molecule has 0 saturated carbocycles. The molecule has 2 unspecified atom stereocenters. The van der Waals surface area contributed by atoms with Gasteiger partial charge in [0, 0.05) is 26.0 Å². The zero-order valence-corrected chi connectivity index (χ0v) is 19.6. The van der Waals surface area contributed by atoms with Crippen molar-refractivity contribution in [3.8, 4) is 17.0 Å². The van der Waals surface area contributed by atoms with Gasteiger partial charge in [0.15, 0.2) is 0 Å². The van der Waals surface area contributed by atoms with E-state index < -0.39 is 0 Å². The van der Waals surface area contributed by atoms with E-state index in [0.717, 1.165) is 33.7 Å². The Hall–Kier alpha value is -3.61. The standard InChI is InChI=1S/C26H29N3O4/c1-6-21-25(28-23-20-10-8-7-9-17(20)14-22(23)33-16(3)30)29(4)26(31)24(27-21)19-12-11-18(32-5)13-15(19)2/h7-13,22-23,28H,6,14H2,1-5H3. The maximum Gasteiger partial charge on any atom is 0.302 e. The lowest BCUT2D eigenvalue weighted by atomic mass is 10.0. The maximum atomic E-state index is 13.4. The van der Waals surface area contributed by atoms with Crippen LogP contribution in [0.2, 0.25) is 0 Å². The molecule has 2 atom stereocenters. The van der Waals surface area contributed by atoms with E-state index in [9.17, 15) is 9.59 Å². The van der Waals surface area contributed by atoms with Gasteiger partial charge in [-0.1, -0.05) is 31.2 Å². The zero-order chi connectivity index (χ0) is 23.7. The first kappa shape index (κ1) is 22.6. The van der Waals surface area contributed by atoms with E-state index in [4.69, 9.17) is 14.5 Å². The molecule has 7 nitrogen and oxygen atoms in total. The minimum absolute atomic E-state index is 0.196. The van der Waals surface area contributed by atoms with Gasteiger partial charge in [-0.2, -0.15) is 0 Å². The summed E-state index contributed by atoms with van der Waals surface area (Å²) < 4.78 is 12.5. The third-order valence-corrected chi connectivity index (χ3v) is 6.18. The Morgan fingerprint density at radius 1 is 1.24 bits per heavy atom. The Morgan fingerprint density at radius 2 is 2.00 bits per heavy atom. The second-order valence-corrected chi connectivity index (χ2v) is 8.33. The summed E-state index contributed by atoms with van der Waals surface area (Å²) in [6.07, 6.45) is 0.896. The van der Waals surface area contributed by atoms with Crippen LogP contribution in [0.1, 0.15) is 42.3 Å². The summed E-state index contributed by atoms with van der Waals surface area (Å²) in [5.41, 5.74) is 4.87. The summed E-state index contributed by atoms with van der Waals surface area (Å²) in [5.74, 6) is 1.04. The Balaban J connectivity index is 1.78. The average molecular weight is 448 g/mol. The topological polar surface area (TPSA) is 82.4 Å². The van der Waals surface area contributed by atoms with Crippen LogP contribution in [0.15, 0.2) is 47.3 Å². The van der Waals surface area contributed by atoms with Crippen molar-refractivity contribution in [1.82, 2.24) is 9.55 Å². The molecule has 3 aromatic rings. The van der Waals surface area contributed by atoms with Crippen molar-refractivity contribution < 1.29 is 14.3 Å². The number of rotatable bonds is 6. The van der Waals surface area contributed by atoms with Crippen LogP contribution < -0.4 is 15.6 Å². The van der Waals surface area contributed by atoms with E-state index in [1.807, 2.05) is 56.3 Å². The molecule has 0 saturated heterocycles. The van der Waals surface area contributed by atoms with Crippen LogP contribution in [0.25, 0.3) is 11.3 Å². The Morgan fingerprint density at radius 3 is 2.67 bits per heavy atom. The van der Waals surface area contributed by atoms with E-state index in [1.165, 1.54) is 6.92 Å². The number of ether oxygens (including phenoxy) is 2. The molecule has 0 fully saturated rings. The first-order valence-corrected chi connectivity index (χ1v) is 11.1. The normalized spacial score (nSPS) is 16.9. The minimum Gasteiger partial charge on any atom is -0.497 e. The highest BCUT2D eigenvalue weighted by Crippen LogP contribution is 2.36. The molecular formula is C26H29N3O4. The molecule has 172 valence electrons. The lowest BCUT2D eigenvalue weighted by molar-refractivity contribution is -0.146. The largest absolute Gasteiger partial charge is 0.497 e. The predicted octanol–water partition coefficient (Wildman–Crippen LogP) is 3.97. The highest BCUT2D eigenvalue weighted by molar-refractivity contribution is 5.67. The fraction of sp³-hybridized carbons (Fsp3) is 0.346. The van der Waals surface area contributed by atoms with Gasteiger partial charge in [0.2, 0.25) is 0 Å². The maximum absolute atomic E-state index is 13.4. The second kappa shape index (κ2) is 9.10. The zero-order valence-electron chi connectivity index (χ0n) is 19.6. The number of methoxy groups -OCH3 is 1. The highest BCUT2D eigenvalue weighted by atomic mass is 16.5. The second-order valence-electron chi connectivity index (χ2n) is 8.33. The molecule has 1 heterocycles. The Bertz CT molecular complexity index is 1260. The number of benzene rings is 2. The van der Waals surface area contributed by atoms with Crippen molar-refractivity contribution >= 4 is 11.8 Å². The number of nitrogens with one attached hydrogen (secondary N) is 1. The molecule has 7 heteroatoms. The van der Waals surface area contributed by atoms with Crippen molar-refractivity contribution in [2.24, 2.45) is 7.05 Å². The molecule has 1 N–H and O–H groups in total. The number of hydrogen-bond acceptors (Lipinski definition) is 6. The van der Waals surface area contributed by atoms with Crippen molar-refractivity contribution in [3.05, 3.63) is 75.2 Å². The summed E-state index contributed by atoms with van der Waals surface area (Å²) in [5, 5.41) is 3.50. The van der Waals surface area contributed by atoms with Crippen LogP contribution in [0, 0.1) is 6.92 Å². The quantitative estimate of drug-likeness (QED) is 0.576. The van der Waals surface area contributed by atoms with Crippen LogP contribution in [0.4, 0.5) is 5.82 Å². The molecule has 0 spiro atoms. The first-order chi connectivity index (χ1) is 15.8. The number of carbonyl (C=O) groups is 1. The summed E-state index contributed by atoms with van der Waals surface area (Å²) >= 11 is 0. The van der Waals surface area contributed by atoms with Crippen LogP contribution in [0.3, 0.4) is 0 Å². The highest BCUT2D eigenvalue weighted by Gasteiger charge is 2.35. The van der Waals surface area contributed by atoms with Gasteiger partial charge in [0.25, 0.3) is 5.56 Å². The number of fused-ring (bicyclic) bond motifs is 1. The lowest BCUT2D eigenvalue weighted by Gasteiger charge is -2.25. The molecule has 1 aliphatic rings. The van der Waals surface area contributed by atoms with E-state index in [1.54, 1.807) is 18.7 Å². The van der Waals surface area contributed by atoms with Crippen LogP contribution >= 0.6 is 0 Å². The van der Waals surface area contributed by atoms with E-state index in [2.05, 4.69) is 5.32 Å². The number of hydrogen-bond donors (Lipinski definition) is 1. The van der Waals surface area contributed by atoms with Gasteiger partial charge in [-0.3, -0.25) is 14.2 Å². The first-order valence-electron chi connectivity index (χ1n) is 11.1. The number of nitrogens with zero attached hydrogens (tertiary/aromatic N) is 2. The monoisotopic (exact) mass is 447 g/mol. The fourth-order valence-electron chi connectivity index (χ4n) is 4.52. The van der Waals surface area contributed by atoms with Crippen molar-refractivity contribution in [2.45, 2.75) is 45.8 Å². The van der Waals surface area contributed by atoms with Crippen LogP contribution in [0.5, 0.6) is 5.75 Å². The SMILES string of the molecule is CCc1nc(-c2ccc(OC)cc2C)c(=O)n(C)c1NC1c2ccccc2CC1OC(C)=O. The third-order valence-electron chi connectivity index (χ3n) is 6.18. The van der Waals surface area contributed by atoms with Gasteiger partial charge >= 0.3 is 5.97 Å². The smallest absolute Gasteiger partial charge is 0.302 e. The molecule has 33 heavy (non-hydrogen) atoms. The Labute approximate surface area is 193 Å². The summed E-state index contributed by atoms with van der Waals surface area (Å²) in [6.45, 7) is 5.37. The van der Waals surface area contributed by atoms with Crippen molar-refractivity contribution in [3.63, 3.8) is 0 Å². The van der Waals surface area contributed by atoms with Gasteiger partial charge in [-0.05, 0) is 48.2 Å². The van der Waals surface area contributed by atoms with Crippen molar-refractivity contribution in [1.29, 1.82) is 0 Å². The van der Waals surface area contributed by atoms with Gasteiger partial charge < -0.3 is 14.8 Å². The number of aryl methyl sites for hydroxylation is 2. The van der Waals surface area contributed by atoms with Gasteiger partial charge in [-0.25, -0.2) is 4.98 Å². The summed E-state index contributed by atoms with van der Waals surface area (Å²) in [6, 6.07) is 13.4. The molecule has 1 aromatic heterocycles. The van der Waals surface area contributed by atoms with Gasteiger partial charge in [0.1, 0.15) is 23.4 Å². The van der Waals surface area contributed by atoms with E-state index in [0.29, 0.717) is 24.4 Å². The molecule has 1 aliphatic carbocycles.